The van der Waals surface area contributed by atoms with Gasteiger partial charge in [0.1, 0.15) is 11.3 Å². The SMILES string of the molecule is CC(C)(C)OC(=O)Nc1ccc(-c2ccc(F)nc2)cc1NC(=O)c1cnc(C2COC2)cn1. The molecule has 2 N–H and O–H groups in total. The molecule has 9 nitrogen and oxygen atoms in total. The molecule has 1 aromatic carbocycles. The molecule has 2 aromatic heterocycles. The first-order valence-corrected chi connectivity index (χ1v) is 10.6. The third kappa shape index (κ3) is 5.70. The number of carbonyl (C=O) groups is 2. The van der Waals surface area contributed by atoms with Crippen LogP contribution in [0.3, 0.4) is 0 Å². The van der Waals surface area contributed by atoms with Crippen LogP contribution in [-0.4, -0.2) is 45.8 Å². The van der Waals surface area contributed by atoms with Gasteiger partial charge in [-0.15, -0.1) is 0 Å². The molecule has 34 heavy (non-hydrogen) atoms. The molecular formula is C24H24FN5O4. The van der Waals surface area contributed by atoms with Crippen LogP contribution in [0, 0.1) is 5.95 Å². The summed E-state index contributed by atoms with van der Waals surface area (Å²) in [5.41, 5.74) is 2.09. The standard InChI is InChI=1S/C24H24FN5O4/c1-24(2,3)34-23(32)30-17-6-4-14(15-5-7-21(25)28-9-15)8-18(17)29-22(31)20-11-26-19(10-27-20)16-12-33-13-16/h4-11,16H,12-13H2,1-3H3,(H,29,31)(H,30,32). The lowest BCUT2D eigenvalue weighted by atomic mass is 10.1. The number of carbonyl (C=O) groups excluding carboxylic acids is 2. The Kier molecular flexibility index (Phi) is 6.51. The smallest absolute Gasteiger partial charge is 0.412 e. The number of nitrogens with zero attached hydrogens (tertiary/aromatic N) is 3. The zero-order valence-electron chi connectivity index (χ0n) is 19.0. The summed E-state index contributed by atoms with van der Waals surface area (Å²) >= 11 is 0. The first-order valence-electron chi connectivity index (χ1n) is 10.6. The van der Waals surface area contributed by atoms with Gasteiger partial charge in [-0.1, -0.05) is 6.07 Å². The van der Waals surface area contributed by atoms with Crippen molar-refractivity contribution < 1.29 is 23.5 Å². The Morgan fingerprint density at radius 3 is 2.32 bits per heavy atom. The largest absolute Gasteiger partial charge is 0.444 e. The Bertz CT molecular complexity index is 1190. The van der Waals surface area contributed by atoms with E-state index in [4.69, 9.17) is 9.47 Å². The molecule has 0 atom stereocenters. The van der Waals surface area contributed by atoms with Crippen molar-refractivity contribution in [1.29, 1.82) is 0 Å². The maximum absolute atomic E-state index is 13.2. The van der Waals surface area contributed by atoms with Gasteiger partial charge in [-0.2, -0.15) is 4.39 Å². The molecule has 0 bridgehead atoms. The van der Waals surface area contributed by atoms with E-state index in [2.05, 4.69) is 25.6 Å². The lowest BCUT2D eigenvalue weighted by Gasteiger charge is -2.24. The van der Waals surface area contributed by atoms with Crippen molar-refractivity contribution in [3.05, 3.63) is 66.3 Å². The number of aromatic nitrogens is 3. The molecule has 1 aliphatic heterocycles. The second-order valence-electron chi connectivity index (χ2n) is 8.77. The van der Waals surface area contributed by atoms with Gasteiger partial charge in [0.05, 0.1) is 36.5 Å². The number of nitrogens with one attached hydrogen (secondary N) is 2. The minimum Gasteiger partial charge on any atom is -0.444 e. The van der Waals surface area contributed by atoms with Crippen molar-refractivity contribution in [3.63, 3.8) is 0 Å². The molecule has 1 aliphatic rings. The fourth-order valence-corrected chi connectivity index (χ4v) is 3.16. The van der Waals surface area contributed by atoms with Crippen molar-refractivity contribution in [2.75, 3.05) is 23.8 Å². The number of rotatable bonds is 5. The number of amides is 2. The first kappa shape index (κ1) is 23.2. The van der Waals surface area contributed by atoms with Gasteiger partial charge >= 0.3 is 6.09 Å². The fraction of sp³-hybridized carbons (Fsp3) is 0.292. The van der Waals surface area contributed by atoms with Crippen LogP contribution < -0.4 is 10.6 Å². The van der Waals surface area contributed by atoms with E-state index in [1.807, 2.05) is 0 Å². The summed E-state index contributed by atoms with van der Waals surface area (Å²) in [5.74, 6) is -0.920. The van der Waals surface area contributed by atoms with Gasteiger partial charge in [-0.3, -0.25) is 15.1 Å². The molecule has 2 amide bonds. The summed E-state index contributed by atoms with van der Waals surface area (Å²) < 4.78 is 23.7. The number of ether oxygens (including phenoxy) is 2. The summed E-state index contributed by atoms with van der Waals surface area (Å²) in [4.78, 5) is 37.4. The van der Waals surface area contributed by atoms with Gasteiger partial charge in [0.15, 0.2) is 0 Å². The molecule has 0 aliphatic carbocycles. The predicted octanol–water partition coefficient (Wildman–Crippen LogP) is 4.39. The molecule has 4 rings (SSSR count). The van der Waals surface area contributed by atoms with Crippen LogP contribution in [0.5, 0.6) is 0 Å². The maximum Gasteiger partial charge on any atom is 0.412 e. The second kappa shape index (κ2) is 9.52. The van der Waals surface area contributed by atoms with Crippen LogP contribution >= 0.6 is 0 Å². The van der Waals surface area contributed by atoms with E-state index in [9.17, 15) is 14.0 Å². The van der Waals surface area contributed by atoms with E-state index in [1.54, 1.807) is 51.2 Å². The minimum absolute atomic E-state index is 0.112. The Hall–Kier alpha value is -3.92. The summed E-state index contributed by atoms with van der Waals surface area (Å²) in [6.45, 7) is 6.42. The number of pyridine rings is 1. The van der Waals surface area contributed by atoms with Crippen molar-refractivity contribution in [2.24, 2.45) is 0 Å². The highest BCUT2D eigenvalue weighted by molar-refractivity contribution is 6.06. The van der Waals surface area contributed by atoms with E-state index in [0.29, 0.717) is 35.7 Å². The molecule has 3 heterocycles. The quantitative estimate of drug-likeness (QED) is 0.537. The average molecular weight is 465 g/mol. The van der Waals surface area contributed by atoms with Crippen LogP contribution in [0.1, 0.15) is 42.9 Å². The van der Waals surface area contributed by atoms with Crippen molar-refractivity contribution >= 4 is 23.4 Å². The van der Waals surface area contributed by atoms with E-state index in [-0.39, 0.29) is 11.6 Å². The molecule has 0 saturated carbocycles. The highest BCUT2D eigenvalue weighted by atomic mass is 19.1. The van der Waals surface area contributed by atoms with Crippen molar-refractivity contribution in [1.82, 2.24) is 15.0 Å². The second-order valence-corrected chi connectivity index (χ2v) is 8.77. The zero-order valence-corrected chi connectivity index (χ0v) is 19.0. The van der Waals surface area contributed by atoms with Crippen LogP contribution in [0.2, 0.25) is 0 Å². The Morgan fingerprint density at radius 1 is 0.971 bits per heavy atom. The zero-order chi connectivity index (χ0) is 24.3. The molecule has 0 unspecified atom stereocenters. The van der Waals surface area contributed by atoms with Gasteiger partial charge in [0, 0.05) is 23.9 Å². The molecule has 1 saturated heterocycles. The summed E-state index contributed by atoms with van der Waals surface area (Å²) in [6.07, 6.45) is 3.66. The van der Waals surface area contributed by atoms with Gasteiger partial charge in [0.2, 0.25) is 5.95 Å². The lowest BCUT2D eigenvalue weighted by Crippen LogP contribution is -2.28. The van der Waals surface area contributed by atoms with E-state index >= 15 is 0 Å². The first-order chi connectivity index (χ1) is 16.2. The molecular weight excluding hydrogens is 441 g/mol. The third-order valence-electron chi connectivity index (χ3n) is 4.92. The number of hydrogen-bond acceptors (Lipinski definition) is 7. The highest BCUT2D eigenvalue weighted by Gasteiger charge is 2.23. The molecule has 0 spiro atoms. The Balaban J connectivity index is 1.59. The monoisotopic (exact) mass is 465 g/mol. The summed E-state index contributed by atoms with van der Waals surface area (Å²) in [5, 5.41) is 5.41. The predicted molar refractivity (Wildman–Crippen MR) is 123 cm³/mol. The summed E-state index contributed by atoms with van der Waals surface area (Å²) in [6, 6.07) is 7.78. The molecule has 1 fully saturated rings. The highest BCUT2D eigenvalue weighted by Crippen LogP contribution is 2.30. The molecule has 10 heteroatoms. The number of halogens is 1. The number of benzene rings is 1. The molecule has 0 radical (unpaired) electrons. The van der Waals surface area contributed by atoms with E-state index in [1.165, 1.54) is 18.5 Å². The lowest BCUT2D eigenvalue weighted by molar-refractivity contribution is 0.00655. The normalized spacial score (nSPS) is 13.6. The summed E-state index contributed by atoms with van der Waals surface area (Å²) in [7, 11) is 0. The van der Waals surface area contributed by atoms with Crippen molar-refractivity contribution in [2.45, 2.75) is 32.3 Å². The third-order valence-corrected chi connectivity index (χ3v) is 4.92. The number of hydrogen-bond donors (Lipinski definition) is 2. The van der Waals surface area contributed by atoms with Crippen LogP contribution in [0.25, 0.3) is 11.1 Å². The van der Waals surface area contributed by atoms with Gasteiger partial charge in [-0.05, 0) is 50.6 Å². The van der Waals surface area contributed by atoms with Gasteiger partial charge in [0.25, 0.3) is 5.91 Å². The Morgan fingerprint density at radius 2 is 1.74 bits per heavy atom. The van der Waals surface area contributed by atoms with Gasteiger partial charge in [-0.25, -0.2) is 14.8 Å². The molecule has 176 valence electrons. The van der Waals surface area contributed by atoms with Gasteiger partial charge < -0.3 is 14.8 Å². The van der Waals surface area contributed by atoms with E-state index in [0.717, 1.165) is 5.69 Å². The van der Waals surface area contributed by atoms with Crippen LogP contribution in [-0.2, 0) is 9.47 Å². The Labute approximate surface area is 195 Å². The topological polar surface area (TPSA) is 115 Å². The van der Waals surface area contributed by atoms with E-state index < -0.39 is 23.5 Å². The number of anilines is 2. The minimum atomic E-state index is -0.698. The van der Waals surface area contributed by atoms with Crippen LogP contribution in [0.4, 0.5) is 20.6 Å². The van der Waals surface area contributed by atoms with Crippen molar-refractivity contribution in [3.8, 4) is 11.1 Å². The maximum atomic E-state index is 13.2. The fourth-order valence-electron chi connectivity index (χ4n) is 3.16. The average Bonchev–Trinajstić information content (AvgIpc) is 2.73. The molecule has 3 aromatic rings. The van der Waals surface area contributed by atoms with Crippen LogP contribution in [0.15, 0.2) is 48.9 Å².